The van der Waals surface area contributed by atoms with Crippen LogP contribution in [0.3, 0.4) is 0 Å². The summed E-state index contributed by atoms with van der Waals surface area (Å²) in [6.45, 7) is 6.11. The van der Waals surface area contributed by atoms with E-state index in [0.29, 0.717) is 40.9 Å². The van der Waals surface area contributed by atoms with Crippen LogP contribution in [0.15, 0.2) is 48.6 Å². The number of nitrogens with one attached hydrogen (secondary N) is 2. The number of ether oxygens (including phenoxy) is 4. The normalized spacial score (nSPS) is 9.93. The molecule has 0 aromatic heterocycles. The summed E-state index contributed by atoms with van der Waals surface area (Å²) in [6, 6.07) is 10.3. The number of amides is 1. The smallest absolute Gasteiger partial charge is 0.257 e. The number of hydrogen-bond acceptors (Lipinski definition) is 6. The highest BCUT2D eigenvalue weighted by molar-refractivity contribution is 7.80. The monoisotopic (exact) mass is 416 g/mol. The van der Waals surface area contributed by atoms with Gasteiger partial charge in [-0.05, 0) is 49.0 Å². The summed E-state index contributed by atoms with van der Waals surface area (Å²) < 4.78 is 21.4. The second-order valence-corrected chi connectivity index (χ2v) is 6.50. The SMILES string of the molecule is C=C(C)COc1cccc(NC(=S)NC(=O)c2cc(OC)c(OC)c(OC)c2)c1. The number of anilines is 1. The Morgan fingerprint density at radius 1 is 1.07 bits per heavy atom. The fourth-order valence-electron chi connectivity index (χ4n) is 2.42. The van der Waals surface area contributed by atoms with E-state index in [1.165, 1.54) is 21.3 Å². The molecule has 2 rings (SSSR count). The van der Waals surface area contributed by atoms with Crippen molar-refractivity contribution in [3.05, 3.63) is 54.1 Å². The van der Waals surface area contributed by atoms with Crippen LogP contribution in [0.4, 0.5) is 5.69 Å². The second kappa shape index (κ2) is 10.3. The van der Waals surface area contributed by atoms with Crippen LogP contribution in [0, 0.1) is 0 Å². The van der Waals surface area contributed by atoms with Gasteiger partial charge in [0.2, 0.25) is 5.75 Å². The van der Waals surface area contributed by atoms with Crippen molar-refractivity contribution in [1.29, 1.82) is 0 Å². The van der Waals surface area contributed by atoms with E-state index in [0.717, 1.165) is 5.57 Å². The molecule has 1 amide bonds. The van der Waals surface area contributed by atoms with Crippen molar-refractivity contribution in [2.24, 2.45) is 0 Å². The lowest BCUT2D eigenvalue weighted by Crippen LogP contribution is -2.34. The first-order chi connectivity index (χ1) is 13.9. The summed E-state index contributed by atoms with van der Waals surface area (Å²) in [4.78, 5) is 12.6. The van der Waals surface area contributed by atoms with Crippen molar-refractivity contribution in [3.63, 3.8) is 0 Å². The van der Waals surface area contributed by atoms with Crippen molar-refractivity contribution < 1.29 is 23.7 Å². The van der Waals surface area contributed by atoms with E-state index in [2.05, 4.69) is 17.2 Å². The maximum atomic E-state index is 12.6. The van der Waals surface area contributed by atoms with Gasteiger partial charge in [0.1, 0.15) is 12.4 Å². The zero-order chi connectivity index (χ0) is 21.4. The molecule has 2 aromatic rings. The number of thiocarbonyl (C=S) groups is 1. The molecule has 7 nitrogen and oxygen atoms in total. The summed E-state index contributed by atoms with van der Waals surface area (Å²) in [5.74, 6) is 1.39. The van der Waals surface area contributed by atoms with Gasteiger partial charge in [-0.25, -0.2) is 0 Å². The highest BCUT2D eigenvalue weighted by Gasteiger charge is 2.17. The predicted molar refractivity (Wildman–Crippen MR) is 117 cm³/mol. The van der Waals surface area contributed by atoms with E-state index >= 15 is 0 Å². The van der Waals surface area contributed by atoms with Crippen LogP contribution >= 0.6 is 12.2 Å². The molecule has 0 spiro atoms. The number of methoxy groups -OCH3 is 3. The van der Waals surface area contributed by atoms with Gasteiger partial charge in [0, 0.05) is 17.3 Å². The summed E-state index contributed by atoms with van der Waals surface area (Å²) in [5.41, 5.74) is 1.90. The van der Waals surface area contributed by atoms with Gasteiger partial charge in [0.05, 0.1) is 21.3 Å². The third kappa shape index (κ3) is 6.11. The quantitative estimate of drug-likeness (QED) is 0.501. The molecule has 0 saturated carbocycles. The molecule has 0 radical (unpaired) electrons. The Kier molecular flexibility index (Phi) is 7.85. The molecule has 0 heterocycles. The molecule has 0 unspecified atom stereocenters. The largest absolute Gasteiger partial charge is 0.493 e. The molecule has 2 aromatic carbocycles. The minimum absolute atomic E-state index is 0.140. The average molecular weight is 416 g/mol. The molecule has 0 aliphatic rings. The molecule has 0 bridgehead atoms. The third-order valence-corrected chi connectivity index (χ3v) is 3.94. The minimum atomic E-state index is -0.420. The molecule has 8 heteroatoms. The summed E-state index contributed by atoms with van der Waals surface area (Å²) >= 11 is 5.25. The Labute approximate surface area is 175 Å². The topological polar surface area (TPSA) is 78.1 Å². The summed E-state index contributed by atoms with van der Waals surface area (Å²) in [7, 11) is 4.45. The van der Waals surface area contributed by atoms with E-state index in [1.54, 1.807) is 18.2 Å². The molecule has 29 heavy (non-hydrogen) atoms. The van der Waals surface area contributed by atoms with Gasteiger partial charge in [-0.15, -0.1) is 0 Å². The Hall–Kier alpha value is -3.26. The zero-order valence-electron chi connectivity index (χ0n) is 16.8. The van der Waals surface area contributed by atoms with Crippen LogP contribution in [0.2, 0.25) is 0 Å². The lowest BCUT2D eigenvalue weighted by molar-refractivity contribution is 0.0977. The van der Waals surface area contributed by atoms with Crippen LogP contribution in [-0.2, 0) is 0 Å². The molecule has 154 valence electrons. The molecule has 0 aliphatic heterocycles. The van der Waals surface area contributed by atoms with E-state index in [-0.39, 0.29) is 5.11 Å². The molecule has 0 saturated heterocycles. The number of rotatable bonds is 8. The van der Waals surface area contributed by atoms with Gasteiger partial charge in [-0.1, -0.05) is 12.6 Å². The lowest BCUT2D eigenvalue weighted by atomic mass is 10.1. The molecule has 2 N–H and O–H groups in total. The van der Waals surface area contributed by atoms with Gasteiger partial charge < -0.3 is 24.3 Å². The predicted octanol–water partition coefficient (Wildman–Crippen LogP) is 3.79. The molecular weight excluding hydrogens is 392 g/mol. The number of benzene rings is 2. The molecule has 0 fully saturated rings. The van der Waals surface area contributed by atoms with E-state index < -0.39 is 5.91 Å². The fraction of sp³-hybridized carbons (Fsp3) is 0.238. The first-order valence-electron chi connectivity index (χ1n) is 8.67. The highest BCUT2D eigenvalue weighted by atomic mass is 32.1. The van der Waals surface area contributed by atoms with Crippen LogP contribution in [0.5, 0.6) is 23.0 Å². The Morgan fingerprint density at radius 2 is 1.72 bits per heavy atom. The van der Waals surface area contributed by atoms with Crippen molar-refractivity contribution in [3.8, 4) is 23.0 Å². The maximum Gasteiger partial charge on any atom is 0.257 e. The summed E-state index contributed by atoms with van der Waals surface area (Å²) in [5, 5.41) is 5.73. The van der Waals surface area contributed by atoms with Gasteiger partial charge in [-0.2, -0.15) is 0 Å². The van der Waals surface area contributed by atoms with Crippen LogP contribution < -0.4 is 29.6 Å². The van der Waals surface area contributed by atoms with Crippen molar-refractivity contribution in [2.45, 2.75) is 6.92 Å². The second-order valence-electron chi connectivity index (χ2n) is 6.10. The van der Waals surface area contributed by atoms with Crippen LogP contribution in [0.1, 0.15) is 17.3 Å². The molecule has 0 atom stereocenters. The number of carbonyl (C=O) groups excluding carboxylic acids is 1. The maximum absolute atomic E-state index is 12.6. The van der Waals surface area contributed by atoms with Gasteiger partial charge in [0.25, 0.3) is 5.91 Å². The first kappa shape index (κ1) is 22.0. The Morgan fingerprint density at radius 3 is 2.28 bits per heavy atom. The Balaban J connectivity index is 2.08. The minimum Gasteiger partial charge on any atom is -0.493 e. The lowest BCUT2D eigenvalue weighted by Gasteiger charge is -2.15. The van der Waals surface area contributed by atoms with Gasteiger partial charge in [0.15, 0.2) is 16.6 Å². The first-order valence-corrected chi connectivity index (χ1v) is 9.08. The summed E-state index contributed by atoms with van der Waals surface area (Å²) in [6.07, 6.45) is 0. The fourth-order valence-corrected chi connectivity index (χ4v) is 2.63. The third-order valence-electron chi connectivity index (χ3n) is 3.73. The van der Waals surface area contributed by atoms with Crippen LogP contribution in [0.25, 0.3) is 0 Å². The van der Waals surface area contributed by atoms with E-state index in [4.69, 9.17) is 31.2 Å². The average Bonchev–Trinajstić information content (AvgIpc) is 2.71. The van der Waals surface area contributed by atoms with E-state index in [1.807, 2.05) is 25.1 Å². The molecule has 0 aliphatic carbocycles. The van der Waals surface area contributed by atoms with Gasteiger partial charge in [-0.3, -0.25) is 10.1 Å². The molecular formula is C21H24N2O5S. The van der Waals surface area contributed by atoms with Crippen molar-refractivity contribution in [1.82, 2.24) is 5.32 Å². The Bertz CT molecular complexity index is 889. The number of carbonyl (C=O) groups is 1. The van der Waals surface area contributed by atoms with Crippen LogP contribution in [-0.4, -0.2) is 39.0 Å². The van der Waals surface area contributed by atoms with Gasteiger partial charge >= 0.3 is 0 Å². The number of hydrogen-bond donors (Lipinski definition) is 2. The highest BCUT2D eigenvalue weighted by Crippen LogP contribution is 2.38. The van der Waals surface area contributed by atoms with Crippen molar-refractivity contribution in [2.75, 3.05) is 33.3 Å². The zero-order valence-corrected chi connectivity index (χ0v) is 17.6. The standard InChI is InChI=1S/C21H24N2O5S/c1-13(2)12-28-16-8-6-7-15(11-16)22-21(29)23-20(24)14-9-17(25-3)19(27-5)18(10-14)26-4/h6-11H,1,12H2,2-5H3,(H2,22,23,24,29). The van der Waals surface area contributed by atoms with Crippen molar-refractivity contribution >= 4 is 28.9 Å². The van der Waals surface area contributed by atoms with E-state index in [9.17, 15) is 4.79 Å².